The molecule has 144 valence electrons. The van der Waals surface area contributed by atoms with Crippen LogP contribution in [0.2, 0.25) is 0 Å². The van der Waals surface area contributed by atoms with Gasteiger partial charge in [0.15, 0.2) is 12.4 Å². The number of hydrogen-bond acceptors (Lipinski definition) is 7. The quantitative estimate of drug-likeness (QED) is 0.713. The molecule has 0 bridgehead atoms. The summed E-state index contributed by atoms with van der Waals surface area (Å²) in [6.45, 7) is 2.02. The summed E-state index contributed by atoms with van der Waals surface area (Å²) in [7, 11) is 0. The molecule has 0 saturated heterocycles. The largest absolute Gasteiger partial charge is 0.457 e. The maximum absolute atomic E-state index is 12.0. The molecule has 1 aliphatic rings. The molecule has 3 N–H and O–H groups in total. The number of anilines is 3. The van der Waals surface area contributed by atoms with E-state index in [-0.39, 0.29) is 18.5 Å². The van der Waals surface area contributed by atoms with Gasteiger partial charge in [0.1, 0.15) is 0 Å². The molecule has 0 spiro atoms. The molecule has 1 heterocycles. The number of hydrogen-bond donors (Lipinski definition) is 2. The summed E-state index contributed by atoms with van der Waals surface area (Å²) in [4.78, 5) is 24.4. The Labute approximate surface area is 159 Å². The standard InChI is InChI=1S/C20H27N5O2/c1-14-7-10-16(11-8-14)22-20-24-17(23-19(21)25-20)13-27-18(26)12-9-15-5-3-2-4-6-15/h7-8,10-11,15H,2-6,9,12-13H2,1H3,(H3,21,22,23,24,25). The molecule has 0 amide bonds. The van der Waals surface area contributed by atoms with Gasteiger partial charge in [0, 0.05) is 12.1 Å². The number of nitrogens with one attached hydrogen (secondary N) is 1. The predicted octanol–water partition coefficient (Wildman–Crippen LogP) is 3.91. The Kier molecular flexibility index (Phi) is 6.57. The third-order valence-electron chi connectivity index (χ3n) is 4.85. The molecule has 1 fully saturated rings. The Balaban J connectivity index is 1.51. The van der Waals surface area contributed by atoms with Gasteiger partial charge < -0.3 is 15.8 Å². The van der Waals surface area contributed by atoms with Gasteiger partial charge >= 0.3 is 5.97 Å². The minimum Gasteiger partial charge on any atom is -0.457 e. The molecule has 7 heteroatoms. The van der Waals surface area contributed by atoms with E-state index in [4.69, 9.17) is 10.5 Å². The number of esters is 1. The first-order valence-electron chi connectivity index (χ1n) is 9.58. The molecule has 2 aromatic rings. The van der Waals surface area contributed by atoms with E-state index in [2.05, 4.69) is 20.3 Å². The van der Waals surface area contributed by atoms with E-state index in [1.54, 1.807) is 0 Å². The highest BCUT2D eigenvalue weighted by molar-refractivity contribution is 5.69. The van der Waals surface area contributed by atoms with Crippen LogP contribution >= 0.6 is 0 Å². The van der Waals surface area contributed by atoms with Crippen LogP contribution in [0.15, 0.2) is 24.3 Å². The van der Waals surface area contributed by atoms with Gasteiger partial charge in [-0.2, -0.15) is 15.0 Å². The van der Waals surface area contributed by atoms with E-state index in [9.17, 15) is 4.79 Å². The van der Waals surface area contributed by atoms with E-state index in [0.717, 1.165) is 17.7 Å². The van der Waals surface area contributed by atoms with Crippen LogP contribution in [0.1, 0.15) is 56.3 Å². The van der Waals surface area contributed by atoms with Crippen LogP contribution in [0.25, 0.3) is 0 Å². The van der Waals surface area contributed by atoms with Crippen molar-refractivity contribution in [2.24, 2.45) is 5.92 Å². The van der Waals surface area contributed by atoms with Crippen molar-refractivity contribution in [3.05, 3.63) is 35.7 Å². The first kappa shape index (κ1) is 19.1. The molecular formula is C20H27N5O2. The molecule has 27 heavy (non-hydrogen) atoms. The highest BCUT2D eigenvalue weighted by atomic mass is 16.5. The Morgan fingerprint density at radius 3 is 2.63 bits per heavy atom. The second kappa shape index (κ2) is 9.30. The van der Waals surface area contributed by atoms with Crippen molar-refractivity contribution in [1.82, 2.24) is 15.0 Å². The number of ether oxygens (including phenoxy) is 1. The first-order valence-corrected chi connectivity index (χ1v) is 9.58. The van der Waals surface area contributed by atoms with E-state index in [1.807, 2.05) is 31.2 Å². The molecule has 1 aromatic carbocycles. The van der Waals surface area contributed by atoms with E-state index >= 15 is 0 Å². The smallest absolute Gasteiger partial charge is 0.306 e. The van der Waals surface area contributed by atoms with Crippen LogP contribution in [-0.2, 0) is 16.1 Å². The van der Waals surface area contributed by atoms with Crippen molar-refractivity contribution < 1.29 is 9.53 Å². The van der Waals surface area contributed by atoms with Crippen LogP contribution in [0.4, 0.5) is 17.6 Å². The van der Waals surface area contributed by atoms with E-state index in [1.165, 1.54) is 32.1 Å². The summed E-state index contributed by atoms with van der Waals surface area (Å²) in [6, 6.07) is 7.84. The minimum absolute atomic E-state index is 0.00119. The van der Waals surface area contributed by atoms with Crippen molar-refractivity contribution in [1.29, 1.82) is 0 Å². The molecule has 0 atom stereocenters. The average molecular weight is 369 g/mol. The lowest BCUT2D eigenvalue weighted by atomic mass is 9.86. The van der Waals surface area contributed by atoms with Gasteiger partial charge in [-0.15, -0.1) is 0 Å². The molecule has 0 radical (unpaired) electrons. The van der Waals surface area contributed by atoms with Crippen molar-refractivity contribution in [2.45, 2.75) is 58.5 Å². The van der Waals surface area contributed by atoms with Gasteiger partial charge in [0.2, 0.25) is 11.9 Å². The number of rotatable bonds is 7. The highest BCUT2D eigenvalue weighted by Crippen LogP contribution is 2.27. The van der Waals surface area contributed by atoms with Crippen molar-refractivity contribution in [2.75, 3.05) is 11.1 Å². The number of aromatic nitrogens is 3. The molecular weight excluding hydrogens is 342 g/mol. The van der Waals surface area contributed by atoms with Crippen molar-refractivity contribution in [3.63, 3.8) is 0 Å². The Hall–Kier alpha value is -2.70. The topological polar surface area (TPSA) is 103 Å². The number of carbonyl (C=O) groups excluding carboxylic acids is 1. The van der Waals surface area contributed by atoms with Gasteiger partial charge in [-0.3, -0.25) is 4.79 Å². The normalized spacial score (nSPS) is 14.7. The number of nitrogens with zero attached hydrogens (tertiary/aromatic N) is 3. The Morgan fingerprint density at radius 2 is 1.89 bits per heavy atom. The van der Waals surface area contributed by atoms with Crippen LogP contribution in [0.3, 0.4) is 0 Å². The first-order chi connectivity index (χ1) is 13.1. The third kappa shape index (κ3) is 6.20. The average Bonchev–Trinajstić information content (AvgIpc) is 2.67. The van der Waals surface area contributed by atoms with E-state index < -0.39 is 0 Å². The number of nitrogen functional groups attached to an aromatic ring is 1. The number of carbonyl (C=O) groups is 1. The lowest BCUT2D eigenvalue weighted by molar-refractivity contribution is -0.145. The fourth-order valence-corrected chi connectivity index (χ4v) is 3.34. The summed E-state index contributed by atoms with van der Waals surface area (Å²) >= 11 is 0. The highest BCUT2D eigenvalue weighted by Gasteiger charge is 2.16. The summed E-state index contributed by atoms with van der Waals surface area (Å²) in [5.41, 5.74) is 7.77. The molecule has 0 aliphatic heterocycles. The third-order valence-corrected chi connectivity index (χ3v) is 4.85. The van der Waals surface area contributed by atoms with E-state index in [0.29, 0.717) is 24.1 Å². The monoisotopic (exact) mass is 369 g/mol. The predicted molar refractivity (Wildman–Crippen MR) is 104 cm³/mol. The Bertz CT molecular complexity index is 757. The summed E-state index contributed by atoms with van der Waals surface area (Å²) in [5, 5.41) is 3.09. The SMILES string of the molecule is Cc1ccc(Nc2nc(N)nc(COC(=O)CCC3CCCCC3)n2)cc1. The fourth-order valence-electron chi connectivity index (χ4n) is 3.34. The zero-order valence-corrected chi connectivity index (χ0v) is 15.8. The maximum Gasteiger partial charge on any atom is 0.306 e. The minimum atomic E-state index is -0.215. The van der Waals surface area contributed by atoms with Crippen LogP contribution in [-0.4, -0.2) is 20.9 Å². The van der Waals surface area contributed by atoms with Crippen molar-refractivity contribution >= 4 is 23.6 Å². The zero-order chi connectivity index (χ0) is 19.1. The van der Waals surface area contributed by atoms with Crippen LogP contribution < -0.4 is 11.1 Å². The van der Waals surface area contributed by atoms with Crippen molar-refractivity contribution in [3.8, 4) is 0 Å². The molecule has 1 aromatic heterocycles. The van der Waals surface area contributed by atoms with Crippen LogP contribution in [0.5, 0.6) is 0 Å². The van der Waals surface area contributed by atoms with Gasteiger partial charge in [0.25, 0.3) is 0 Å². The second-order valence-corrected chi connectivity index (χ2v) is 7.13. The molecule has 1 saturated carbocycles. The number of benzene rings is 1. The fraction of sp³-hybridized carbons (Fsp3) is 0.500. The van der Waals surface area contributed by atoms with Gasteiger partial charge in [-0.05, 0) is 31.4 Å². The lowest BCUT2D eigenvalue weighted by Gasteiger charge is -2.20. The summed E-state index contributed by atoms with van der Waals surface area (Å²) in [5.74, 6) is 1.20. The maximum atomic E-state index is 12.0. The molecule has 7 nitrogen and oxygen atoms in total. The van der Waals surface area contributed by atoms with Gasteiger partial charge in [0.05, 0.1) is 0 Å². The van der Waals surface area contributed by atoms with Gasteiger partial charge in [-0.25, -0.2) is 0 Å². The molecule has 1 aliphatic carbocycles. The number of nitrogens with two attached hydrogens (primary N) is 1. The summed E-state index contributed by atoms with van der Waals surface area (Å²) in [6.07, 6.45) is 7.68. The Morgan fingerprint density at radius 1 is 1.15 bits per heavy atom. The van der Waals surface area contributed by atoms with Crippen LogP contribution in [0, 0.1) is 12.8 Å². The van der Waals surface area contributed by atoms with Gasteiger partial charge in [-0.1, -0.05) is 49.8 Å². The zero-order valence-electron chi connectivity index (χ0n) is 15.8. The molecule has 3 rings (SSSR count). The lowest BCUT2D eigenvalue weighted by Crippen LogP contribution is -2.13. The summed E-state index contributed by atoms with van der Waals surface area (Å²) < 4.78 is 5.32. The second-order valence-electron chi connectivity index (χ2n) is 7.13. The number of aryl methyl sites for hydroxylation is 1. The molecule has 0 unspecified atom stereocenters.